The first-order valence-corrected chi connectivity index (χ1v) is 10.6. The van der Waals surface area contributed by atoms with E-state index in [4.69, 9.17) is 24.7 Å². The predicted molar refractivity (Wildman–Crippen MR) is 108 cm³/mol. The largest absolute Gasteiger partial charge is 0.383 e. The summed E-state index contributed by atoms with van der Waals surface area (Å²) in [6, 6.07) is 1.92. The van der Waals surface area contributed by atoms with Gasteiger partial charge in [-0.25, -0.2) is 9.97 Å². The second-order valence-corrected chi connectivity index (χ2v) is 9.22. The Balaban J connectivity index is 1.28. The molecule has 4 saturated heterocycles. The molecule has 10 nitrogen and oxygen atoms in total. The molecule has 0 bridgehead atoms. The normalized spacial score (nSPS) is 35.0. The molecule has 30 heavy (non-hydrogen) atoms. The van der Waals surface area contributed by atoms with Crippen LogP contribution in [-0.2, 0) is 18.9 Å². The van der Waals surface area contributed by atoms with Crippen molar-refractivity contribution < 1.29 is 18.9 Å². The molecule has 0 saturated carbocycles. The highest BCUT2D eigenvalue weighted by Gasteiger charge is 2.56. The molecule has 6 heterocycles. The zero-order chi connectivity index (χ0) is 20.5. The van der Waals surface area contributed by atoms with Crippen LogP contribution in [0.25, 0.3) is 11.0 Å². The van der Waals surface area contributed by atoms with Crippen molar-refractivity contribution in [1.29, 1.82) is 0 Å². The molecule has 10 heteroatoms. The second-order valence-electron chi connectivity index (χ2n) is 9.22. The van der Waals surface area contributed by atoms with Crippen LogP contribution in [0.5, 0.6) is 0 Å². The summed E-state index contributed by atoms with van der Waals surface area (Å²) in [5.41, 5.74) is 6.72. The fourth-order valence-corrected chi connectivity index (χ4v) is 5.18. The van der Waals surface area contributed by atoms with Crippen LogP contribution in [-0.4, -0.2) is 88.5 Å². The molecule has 162 valence electrons. The van der Waals surface area contributed by atoms with Crippen molar-refractivity contribution in [2.45, 2.75) is 49.8 Å². The maximum atomic E-state index is 6.55. The van der Waals surface area contributed by atoms with E-state index in [2.05, 4.69) is 20.2 Å². The molecule has 0 aliphatic carbocycles. The Morgan fingerprint density at radius 3 is 2.87 bits per heavy atom. The summed E-state index contributed by atoms with van der Waals surface area (Å²) in [5.74, 6) is -0.196. The zero-order valence-electron chi connectivity index (χ0n) is 17.3. The van der Waals surface area contributed by atoms with Gasteiger partial charge in [-0.1, -0.05) is 0 Å². The van der Waals surface area contributed by atoms with Crippen LogP contribution in [0, 0.1) is 0 Å². The average molecular weight is 416 g/mol. The van der Waals surface area contributed by atoms with E-state index in [9.17, 15) is 0 Å². The summed E-state index contributed by atoms with van der Waals surface area (Å²) in [5, 5.41) is 4.14. The van der Waals surface area contributed by atoms with Gasteiger partial charge in [0.2, 0.25) is 0 Å². The van der Waals surface area contributed by atoms with Crippen molar-refractivity contribution in [3.05, 3.63) is 18.6 Å². The number of ether oxygens (including phenoxy) is 4. The number of aromatic nitrogens is 3. The maximum absolute atomic E-state index is 6.55. The lowest BCUT2D eigenvalue weighted by Crippen LogP contribution is -2.69. The first-order chi connectivity index (χ1) is 14.4. The number of fused-ring (bicyclic) bond motifs is 2. The number of nitrogens with two attached hydrogens (primary N) is 1. The molecule has 2 aromatic heterocycles. The molecule has 3 N–H and O–H groups in total. The topological polar surface area (TPSA) is 109 Å². The fourth-order valence-electron chi connectivity index (χ4n) is 5.18. The summed E-state index contributed by atoms with van der Waals surface area (Å²) < 4.78 is 27.1. The summed E-state index contributed by atoms with van der Waals surface area (Å²) in [7, 11) is 0. The van der Waals surface area contributed by atoms with Gasteiger partial charge in [0.05, 0.1) is 12.0 Å². The highest BCUT2D eigenvalue weighted by molar-refractivity contribution is 5.86. The van der Waals surface area contributed by atoms with Gasteiger partial charge in [0.25, 0.3) is 0 Å². The highest BCUT2D eigenvalue weighted by atomic mass is 16.8. The molecule has 0 aromatic carbocycles. The second kappa shape index (κ2) is 6.59. The summed E-state index contributed by atoms with van der Waals surface area (Å²) in [4.78, 5) is 11.0. The molecule has 4 fully saturated rings. The zero-order valence-corrected chi connectivity index (χ0v) is 17.3. The third kappa shape index (κ3) is 2.94. The van der Waals surface area contributed by atoms with Crippen LogP contribution in [0.4, 0.5) is 5.82 Å². The number of hydrogen-bond donors (Lipinski definition) is 2. The van der Waals surface area contributed by atoms with Gasteiger partial charge in [0.15, 0.2) is 12.0 Å². The Hall–Kier alpha value is -1.82. The van der Waals surface area contributed by atoms with E-state index in [0.717, 1.165) is 50.4 Å². The average Bonchev–Trinajstić information content (AvgIpc) is 3.33. The Bertz CT molecular complexity index is 960. The van der Waals surface area contributed by atoms with Gasteiger partial charge in [-0.2, -0.15) is 0 Å². The number of hydrogen-bond acceptors (Lipinski definition) is 9. The molecule has 0 unspecified atom stereocenters. The lowest BCUT2D eigenvalue weighted by Gasteiger charge is -2.49. The first kappa shape index (κ1) is 18.9. The molecular weight excluding hydrogens is 388 g/mol. The number of rotatable bonds is 3. The van der Waals surface area contributed by atoms with Crippen molar-refractivity contribution in [2.75, 3.05) is 45.1 Å². The van der Waals surface area contributed by atoms with Gasteiger partial charge in [0, 0.05) is 38.9 Å². The van der Waals surface area contributed by atoms with Crippen molar-refractivity contribution in [3.8, 4) is 0 Å². The van der Waals surface area contributed by atoms with Crippen LogP contribution < -0.4 is 11.1 Å². The van der Waals surface area contributed by atoms with Gasteiger partial charge >= 0.3 is 0 Å². The minimum atomic E-state index is -0.656. The molecular formula is C20H28N6O4. The van der Waals surface area contributed by atoms with Crippen molar-refractivity contribution in [1.82, 2.24) is 24.8 Å². The van der Waals surface area contributed by atoms with Gasteiger partial charge in [-0.05, 0) is 19.9 Å². The van der Waals surface area contributed by atoms with Gasteiger partial charge < -0.3 is 34.6 Å². The molecule has 4 aliphatic rings. The molecule has 1 spiro atoms. The third-order valence-corrected chi connectivity index (χ3v) is 6.60. The maximum Gasteiger partial charge on any atom is 0.164 e. The van der Waals surface area contributed by atoms with E-state index in [1.54, 1.807) is 0 Å². The van der Waals surface area contributed by atoms with E-state index >= 15 is 0 Å². The minimum absolute atomic E-state index is 0.0486. The van der Waals surface area contributed by atoms with E-state index in [1.807, 2.05) is 30.7 Å². The Morgan fingerprint density at radius 1 is 1.23 bits per heavy atom. The van der Waals surface area contributed by atoms with Crippen LogP contribution in [0.3, 0.4) is 0 Å². The SMILES string of the molecule is CC1(C)O[C@@H]2[C@H](O1)[C@@H](CN1CCOC3(CNC3)C1)O[C@H]2n1ccc2c(N)ncnc21. The van der Waals surface area contributed by atoms with Crippen molar-refractivity contribution in [2.24, 2.45) is 0 Å². The number of morpholine rings is 1. The highest BCUT2D eigenvalue weighted by Crippen LogP contribution is 2.44. The summed E-state index contributed by atoms with van der Waals surface area (Å²) >= 11 is 0. The lowest BCUT2D eigenvalue weighted by atomic mass is 9.94. The number of anilines is 1. The van der Waals surface area contributed by atoms with Gasteiger partial charge in [-0.3, -0.25) is 4.90 Å². The Kier molecular flexibility index (Phi) is 4.15. The molecule has 4 atom stereocenters. The summed E-state index contributed by atoms with van der Waals surface area (Å²) in [6.45, 7) is 9.05. The molecule has 4 aliphatic heterocycles. The van der Waals surface area contributed by atoms with E-state index in [1.165, 1.54) is 6.33 Å². The molecule has 2 aromatic rings. The molecule has 0 amide bonds. The smallest absolute Gasteiger partial charge is 0.164 e. The van der Waals surface area contributed by atoms with Crippen LogP contribution in [0.1, 0.15) is 20.1 Å². The van der Waals surface area contributed by atoms with E-state index in [0.29, 0.717) is 5.82 Å². The van der Waals surface area contributed by atoms with E-state index in [-0.39, 0.29) is 30.1 Å². The fraction of sp³-hybridized carbons (Fsp3) is 0.700. The molecule has 0 radical (unpaired) electrons. The molecule has 6 rings (SSSR count). The standard InChI is InChI=1S/C20H28N6O4/c1-19(2)29-14-13(7-25-5-6-27-20(10-25)8-22-9-20)28-18(15(14)30-19)26-4-3-12-16(21)23-11-24-17(12)26/h3-4,11,13-15,18,22H,5-10H2,1-2H3,(H2,21,23,24)/t13-,14-,15-,18-/m1/s1. The minimum Gasteiger partial charge on any atom is -0.383 e. The van der Waals surface area contributed by atoms with Crippen molar-refractivity contribution >= 4 is 16.9 Å². The van der Waals surface area contributed by atoms with Crippen LogP contribution >= 0.6 is 0 Å². The Morgan fingerprint density at radius 2 is 2.07 bits per heavy atom. The first-order valence-electron chi connectivity index (χ1n) is 10.6. The number of nitrogen functional groups attached to an aromatic ring is 1. The number of nitrogens with zero attached hydrogens (tertiary/aromatic N) is 4. The Labute approximate surface area is 174 Å². The van der Waals surface area contributed by atoms with Gasteiger partial charge in [-0.15, -0.1) is 0 Å². The third-order valence-electron chi connectivity index (χ3n) is 6.60. The lowest BCUT2D eigenvalue weighted by molar-refractivity contribution is -0.201. The van der Waals surface area contributed by atoms with Crippen LogP contribution in [0.2, 0.25) is 0 Å². The number of nitrogens with one attached hydrogen (secondary N) is 1. The summed E-state index contributed by atoms with van der Waals surface area (Å²) in [6.07, 6.45) is 2.60. The van der Waals surface area contributed by atoms with Crippen molar-refractivity contribution in [3.63, 3.8) is 0 Å². The monoisotopic (exact) mass is 416 g/mol. The van der Waals surface area contributed by atoms with Crippen LogP contribution in [0.15, 0.2) is 18.6 Å². The predicted octanol–water partition coefficient (Wildman–Crippen LogP) is 0.105. The van der Waals surface area contributed by atoms with Gasteiger partial charge in [0.1, 0.15) is 41.7 Å². The quantitative estimate of drug-likeness (QED) is 0.720. The van der Waals surface area contributed by atoms with E-state index < -0.39 is 5.79 Å².